The van der Waals surface area contributed by atoms with E-state index in [0.717, 1.165) is 40.9 Å². The molecular weight excluding hydrogens is 324 g/mol. The number of hydrogen-bond donors (Lipinski definition) is 1. The van der Waals surface area contributed by atoms with E-state index in [1.165, 1.54) is 0 Å². The highest BCUT2D eigenvalue weighted by molar-refractivity contribution is 6.15. The Bertz CT molecular complexity index is 855. The van der Waals surface area contributed by atoms with E-state index in [4.69, 9.17) is 0 Å². The first-order valence-electron chi connectivity index (χ1n) is 9.09. The molecule has 2 aromatic carbocycles. The maximum Gasteiger partial charge on any atom is 0.242 e. The van der Waals surface area contributed by atoms with Crippen molar-refractivity contribution in [2.45, 2.75) is 40.5 Å². The van der Waals surface area contributed by atoms with Gasteiger partial charge in [0.25, 0.3) is 0 Å². The van der Waals surface area contributed by atoms with Crippen molar-refractivity contribution >= 4 is 23.2 Å². The van der Waals surface area contributed by atoms with Gasteiger partial charge in [0.1, 0.15) is 5.41 Å². The number of anilines is 2. The summed E-state index contributed by atoms with van der Waals surface area (Å²) in [6.07, 6.45) is 1.88. The molecule has 136 valence electrons. The first-order valence-corrected chi connectivity index (χ1v) is 9.09. The monoisotopic (exact) mass is 350 g/mol. The second kappa shape index (κ2) is 6.94. The van der Waals surface area contributed by atoms with E-state index in [1.54, 1.807) is 18.7 Å². The predicted molar refractivity (Wildman–Crippen MR) is 105 cm³/mol. The summed E-state index contributed by atoms with van der Waals surface area (Å²) in [5, 5.41) is 2.95. The summed E-state index contributed by atoms with van der Waals surface area (Å²) in [5.41, 5.74) is 3.75. The van der Waals surface area contributed by atoms with Crippen LogP contribution in [0.4, 0.5) is 11.4 Å². The molecule has 0 saturated heterocycles. The molecule has 2 amide bonds. The molecule has 1 heterocycles. The average Bonchev–Trinajstić information content (AvgIpc) is 2.63. The fourth-order valence-corrected chi connectivity index (χ4v) is 3.33. The SMILES string of the molecule is Cc1ccc(C)c(NC(=O)C(C)(C)C(=O)N2CCCc3ccccc32)c1. The number of amides is 2. The molecule has 1 N–H and O–H groups in total. The van der Waals surface area contributed by atoms with Crippen molar-refractivity contribution in [3.05, 3.63) is 59.2 Å². The van der Waals surface area contributed by atoms with Crippen molar-refractivity contribution in [2.75, 3.05) is 16.8 Å². The van der Waals surface area contributed by atoms with E-state index in [9.17, 15) is 9.59 Å². The second-order valence-electron chi connectivity index (χ2n) is 7.59. The van der Waals surface area contributed by atoms with E-state index in [-0.39, 0.29) is 11.8 Å². The van der Waals surface area contributed by atoms with Gasteiger partial charge in [-0.3, -0.25) is 9.59 Å². The summed E-state index contributed by atoms with van der Waals surface area (Å²) < 4.78 is 0. The summed E-state index contributed by atoms with van der Waals surface area (Å²) >= 11 is 0. The quantitative estimate of drug-likeness (QED) is 0.842. The van der Waals surface area contributed by atoms with Crippen LogP contribution in [0.1, 0.15) is 37.0 Å². The zero-order valence-corrected chi connectivity index (χ0v) is 15.9. The van der Waals surface area contributed by atoms with Crippen LogP contribution in [0.5, 0.6) is 0 Å². The topological polar surface area (TPSA) is 49.4 Å². The van der Waals surface area contributed by atoms with E-state index < -0.39 is 5.41 Å². The minimum Gasteiger partial charge on any atom is -0.325 e. The van der Waals surface area contributed by atoms with Crippen LogP contribution in [0, 0.1) is 19.3 Å². The lowest BCUT2D eigenvalue weighted by Gasteiger charge is -2.35. The third kappa shape index (κ3) is 3.36. The number of hydrogen-bond acceptors (Lipinski definition) is 2. The molecule has 0 fully saturated rings. The van der Waals surface area contributed by atoms with Crippen LogP contribution in [-0.4, -0.2) is 18.4 Å². The fraction of sp³-hybridized carbons (Fsp3) is 0.364. The molecule has 4 heteroatoms. The van der Waals surface area contributed by atoms with Crippen LogP contribution < -0.4 is 10.2 Å². The molecule has 2 aromatic rings. The molecule has 3 rings (SSSR count). The number of aryl methyl sites for hydroxylation is 3. The molecule has 0 saturated carbocycles. The molecule has 0 spiro atoms. The molecule has 0 unspecified atom stereocenters. The maximum absolute atomic E-state index is 13.2. The van der Waals surface area contributed by atoms with Crippen molar-refractivity contribution in [2.24, 2.45) is 5.41 Å². The third-order valence-electron chi connectivity index (χ3n) is 5.10. The maximum atomic E-state index is 13.2. The standard InChI is InChI=1S/C22H26N2O2/c1-15-11-12-16(2)18(14-15)23-20(25)22(3,4)21(26)24-13-7-9-17-8-5-6-10-19(17)24/h5-6,8,10-12,14H,7,9,13H2,1-4H3,(H,23,25). The number of para-hydroxylation sites is 1. The highest BCUT2D eigenvalue weighted by Crippen LogP contribution is 2.32. The molecule has 0 bridgehead atoms. The van der Waals surface area contributed by atoms with E-state index in [2.05, 4.69) is 11.4 Å². The molecule has 0 aliphatic carbocycles. The van der Waals surface area contributed by atoms with E-state index >= 15 is 0 Å². The van der Waals surface area contributed by atoms with Gasteiger partial charge in [0.2, 0.25) is 11.8 Å². The van der Waals surface area contributed by atoms with Gasteiger partial charge in [0, 0.05) is 17.9 Å². The predicted octanol–water partition coefficient (Wildman–Crippen LogP) is 4.25. The first kappa shape index (κ1) is 18.2. The van der Waals surface area contributed by atoms with Gasteiger partial charge in [-0.25, -0.2) is 0 Å². The average molecular weight is 350 g/mol. The lowest BCUT2D eigenvalue weighted by atomic mass is 9.88. The van der Waals surface area contributed by atoms with Crippen LogP contribution in [-0.2, 0) is 16.0 Å². The Morgan fingerprint density at radius 2 is 1.81 bits per heavy atom. The Morgan fingerprint density at radius 3 is 2.58 bits per heavy atom. The summed E-state index contributed by atoms with van der Waals surface area (Å²) in [4.78, 5) is 27.9. The molecule has 1 aliphatic rings. The second-order valence-corrected chi connectivity index (χ2v) is 7.59. The van der Waals surface area contributed by atoms with Crippen LogP contribution in [0.25, 0.3) is 0 Å². The number of nitrogens with one attached hydrogen (secondary N) is 1. The first-order chi connectivity index (χ1) is 12.3. The van der Waals surface area contributed by atoms with Crippen LogP contribution in [0.3, 0.4) is 0 Å². The number of benzene rings is 2. The van der Waals surface area contributed by atoms with Gasteiger partial charge in [-0.1, -0.05) is 30.3 Å². The number of rotatable bonds is 3. The Kier molecular flexibility index (Phi) is 4.86. The number of fused-ring (bicyclic) bond motifs is 1. The van der Waals surface area contributed by atoms with Gasteiger partial charge in [-0.05, 0) is 69.4 Å². The molecule has 0 radical (unpaired) electrons. The summed E-state index contributed by atoms with van der Waals surface area (Å²) in [6.45, 7) is 7.98. The fourth-order valence-electron chi connectivity index (χ4n) is 3.33. The van der Waals surface area contributed by atoms with Crippen molar-refractivity contribution in [1.29, 1.82) is 0 Å². The molecule has 26 heavy (non-hydrogen) atoms. The zero-order chi connectivity index (χ0) is 18.9. The highest BCUT2D eigenvalue weighted by atomic mass is 16.2. The number of nitrogens with zero attached hydrogens (tertiary/aromatic N) is 1. The minimum absolute atomic E-state index is 0.160. The van der Waals surface area contributed by atoms with Crippen LogP contribution in [0.2, 0.25) is 0 Å². The number of carbonyl (C=O) groups is 2. The smallest absolute Gasteiger partial charge is 0.242 e. The Hall–Kier alpha value is -2.62. The van der Waals surface area contributed by atoms with Gasteiger partial charge in [0.15, 0.2) is 0 Å². The van der Waals surface area contributed by atoms with Crippen molar-refractivity contribution < 1.29 is 9.59 Å². The minimum atomic E-state index is -1.15. The molecule has 1 aliphatic heterocycles. The van der Waals surface area contributed by atoms with E-state index in [0.29, 0.717) is 6.54 Å². The lowest BCUT2D eigenvalue weighted by molar-refractivity contribution is -0.136. The van der Waals surface area contributed by atoms with Gasteiger partial charge < -0.3 is 10.2 Å². The van der Waals surface area contributed by atoms with Gasteiger partial charge in [-0.15, -0.1) is 0 Å². The van der Waals surface area contributed by atoms with E-state index in [1.807, 2.05) is 50.2 Å². The van der Waals surface area contributed by atoms with Gasteiger partial charge in [-0.2, -0.15) is 0 Å². The molecule has 0 atom stereocenters. The van der Waals surface area contributed by atoms with Gasteiger partial charge in [0.05, 0.1) is 0 Å². The van der Waals surface area contributed by atoms with Crippen molar-refractivity contribution in [3.8, 4) is 0 Å². The Morgan fingerprint density at radius 1 is 1.08 bits per heavy atom. The lowest BCUT2D eigenvalue weighted by Crippen LogP contribution is -2.49. The Balaban J connectivity index is 1.84. The summed E-state index contributed by atoms with van der Waals surface area (Å²) in [5.74, 6) is -0.438. The summed E-state index contributed by atoms with van der Waals surface area (Å²) in [6, 6.07) is 13.9. The summed E-state index contributed by atoms with van der Waals surface area (Å²) in [7, 11) is 0. The molecule has 0 aromatic heterocycles. The van der Waals surface area contributed by atoms with Crippen LogP contribution >= 0.6 is 0 Å². The third-order valence-corrected chi connectivity index (χ3v) is 5.10. The Labute approximate surface area is 155 Å². The molecule has 4 nitrogen and oxygen atoms in total. The van der Waals surface area contributed by atoms with Gasteiger partial charge >= 0.3 is 0 Å². The van der Waals surface area contributed by atoms with Crippen molar-refractivity contribution in [1.82, 2.24) is 0 Å². The number of carbonyl (C=O) groups excluding carboxylic acids is 2. The normalized spacial score (nSPS) is 13.9. The van der Waals surface area contributed by atoms with Crippen LogP contribution in [0.15, 0.2) is 42.5 Å². The molecular formula is C22H26N2O2. The highest BCUT2D eigenvalue weighted by Gasteiger charge is 2.40. The largest absolute Gasteiger partial charge is 0.325 e. The zero-order valence-electron chi connectivity index (χ0n) is 15.9. The van der Waals surface area contributed by atoms with Crippen molar-refractivity contribution in [3.63, 3.8) is 0 Å².